The van der Waals surface area contributed by atoms with E-state index >= 15 is 0 Å². The number of nitrogens with zero attached hydrogens (tertiary/aromatic N) is 1. The SMILES string of the molecule is C=CC1=CC(F)=C(C#N)C[C@H]1C. The van der Waals surface area contributed by atoms with Crippen LogP contribution in [0.15, 0.2) is 35.7 Å². The van der Waals surface area contributed by atoms with Gasteiger partial charge >= 0.3 is 0 Å². The van der Waals surface area contributed by atoms with Crippen LogP contribution in [0.2, 0.25) is 0 Å². The molecule has 0 saturated heterocycles. The number of allylic oxidation sites excluding steroid dienone is 5. The lowest BCUT2D eigenvalue weighted by Crippen LogP contribution is -2.04. The molecule has 62 valence electrons. The van der Waals surface area contributed by atoms with Gasteiger partial charge in [0.15, 0.2) is 0 Å². The Bertz CT molecular complexity index is 304. The topological polar surface area (TPSA) is 23.8 Å². The van der Waals surface area contributed by atoms with E-state index in [4.69, 9.17) is 5.26 Å². The summed E-state index contributed by atoms with van der Waals surface area (Å²) in [6, 6.07) is 1.85. The molecule has 0 aromatic carbocycles. The van der Waals surface area contributed by atoms with Crippen molar-refractivity contribution in [3.63, 3.8) is 0 Å². The molecule has 1 nitrogen and oxygen atoms in total. The summed E-state index contributed by atoms with van der Waals surface area (Å²) < 4.78 is 13.0. The Balaban J connectivity index is 3.05. The fourth-order valence-corrected chi connectivity index (χ4v) is 1.26. The molecule has 0 aromatic rings. The fraction of sp³-hybridized carbons (Fsp3) is 0.300. The molecule has 0 radical (unpaired) electrons. The first-order valence-electron chi connectivity index (χ1n) is 3.81. The minimum Gasteiger partial charge on any atom is -0.206 e. The van der Waals surface area contributed by atoms with Crippen molar-refractivity contribution in [3.05, 3.63) is 35.7 Å². The molecular weight excluding hydrogens is 153 g/mol. The van der Waals surface area contributed by atoms with Gasteiger partial charge < -0.3 is 0 Å². The molecule has 0 fully saturated rings. The monoisotopic (exact) mass is 163 g/mol. The Morgan fingerprint density at radius 2 is 2.50 bits per heavy atom. The second-order valence-electron chi connectivity index (χ2n) is 2.89. The smallest absolute Gasteiger partial charge is 0.137 e. The van der Waals surface area contributed by atoms with Gasteiger partial charge in [0.1, 0.15) is 5.83 Å². The lowest BCUT2D eigenvalue weighted by atomic mass is 9.88. The van der Waals surface area contributed by atoms with Gasteiger partial charge in [-0.05, 0) is 24.0 Å². The summed E-state index contributed by atoms with van der Waals surface area (Å²) in [5.41, 5.74) is 1.11. The Morgan fingerprint density at radius 1 is 1.83 bits per heavy atom. The van der Waals surface area contributed by atoms with Crippen molar-refractivity contribution in [3.8, 4) is 6.07 Å². The molecule has 1 aliphatic carbocycles. The van der Waals surface area contributed by atoms with Crippen LogP contribution in [-0.4, -0.2) is 0 Å². The molecule has 0 amide bonds. The van der Waals surface area contributed by atoms with Gasteiger partial charge in [-0.15, -0.1) is 0 Å². The summed E-state index contributed by atoms with van der Waals surface area (Å²) in [4.78, 5) is 0. The van der Waals surface area contributed by atoms with Gasteiger partial charge in [0.05, 0.1) is 11.6 Å². The lowest BCUT2D eigenvalue weighted by Gasteiger charge is -2.16. The summed E-state index contributed by atoms with van der Waals surface area (Å²) in [6.07, 6.45) is 3.51. The minimum atomic E-state index is -0.412. The van der Waals surface area contributed by atoms with E-state index in [1.807, 2.05) is 13.0 Å². The molecule has 0 N–H and O–H groups in total. The predicted octanol–water partition coefficient (Wildman–Crippen LogP) is 2.89. The van der Waals surface area contributed by atoms with Crippen molar-refractivity contribution < 1.29 is 4.39 Å². The second kappa shape index (κ2) is 3.36. The lowest BCUT2D eigenvalue weighted by molar-refractivity contribution is 0.598. The molecule has 12 heavy (non-hydrogen) atoms. The van der Waals surface area contributed by atoms with Crippen LogP contribution in [0.5, 0.6) is 0 Å². The van der Waals surface area contributed by atoms with Gasteiger partial charge in [0.25, 0.3) is 0 Å². The highest BCUT2D eigenvalue weighted by atomic mass is 19.1. The van der Waals surface area contributed by atoms with E-state index in [1.165, 1.54) is 6.08 Å². The van der Waals surface area contributed by atoms with E-state index in [0.29, 0.717) is 6.42 Å². The zero-order valence-corrected chi connectivity index (χ0v) is 6.97. The maximum absolute atomic E-state index is 13.0. The third kappa shape index (κ3) is 1.45. The Labute approximate surface area is 71.5 Å². The van der Waals surface area contributed by atoms with E-state index in [0.717, 1.165) is 5.57 Å². The Kier molecular flexibility index (Phi) is 2.44. The Morgan fingerprint density at radius 3 is 3.00 bits per heavy atom. The molecule has 0 spiro atoms. The van der Waals surface area contributed by atoms with Crippen molar-refractivity contribution >= 4 is 0 Å². The van der Waals surface area contributed by atoms with Gasteiger partial charge in [-0.2, -0.15) is 5.26 Å². The number of hydrogen-bond donors (Lipinski definition) is 0. The summed E-state index contributed by atoms with van der Waals surface area (Å²) in [7, 11) is 0. The van der Waals surface area contributed by atoms with Gasteiger partial charge in [-0.1, -0.05) is 19.6 Å². The van der Waals surface area contributed by atoms with E-state index in [1.54, 1.807) is 6.08 Å². The predicted molar refractivity (Wildman–Crippen MR) is 45.8 cm³/mol. The summed E-state index contributed by atoms with van der Waals surface area (Å²) in [5, 5.41) is 8.54. The molecule has 0 aliphatic heterocycles. The average Bonchev–Trinajstić information content (AvgIpc) is 2.08. The van der Waals surface area contributed by atoms with Crippen molar-refractivity contribution in [2.75, 3.05) is 0 Å². The quantitative estimate of drug-likeness (QED) is 0.583. The molecule has 0 unspecified atom stereocenters. The largest absolute Gasteiger partial charge is 0.206 e. The third-order valence-electron chi connectivity index (χ3n) is 2.03. The highest BCUT2D eigenvalue weighted by Crippen LogP contribution is 2.29. The molecule has 0 aromatic heterocycles. The maximum atomic E-state index is 13.0. The average molecular weight is 163 g/mol. The third-order valence-corrected chi connectivity index (χ3v) is 2.03. The zero-order chi connectivity index (χ0) is 9.14. The number of halogens is 1. The first-order chi connectivity index (χ1) is 5.69. The van der Waals surface area contributed by atoms with Crippen LogP contribution >= 0.6 is 0 Å². The van der Waals surface area contributed by atoms with Crippen LogP contribution in [0, 0.1) is 17.2 Å². The van der Waals surface area contributed by atoms with Gasteiger partial charge in [-0.3, -0.25) is 0 Å². The van der Waals surface area contributed by atoms with Crippen LogP contribution in [0.3, 0.4) is 0 Å². The van der Waals surface area contributed by atoms with E-state index in [2.05, 4.69) is 6.58 Å². The maximum Gasteiger partial charge on any atom is 0.137 e. The molecule has 1 atom stereocenters. The highest BCUT2D eigenvalue weighted by Gasteiger charge is 2.17. The molecular formula is C10H10FN. The zero-order valence-electron chi connectivity index (χ0n) is 6.97. The number of nitriles is 1. The molecule has 0 saturated carbocycles. The highest BCUT2D eigenvalue weighted by molar-refractivity contribution is 5.41. The number of hydrogen-bond acceptors (Lipinski definition) is 1. The van der Waals surface area contributed by atoms with Crippen molar-refractivity contribution in [2.45, 2.75) is 13.3 Å². The fourth-order valence-electron chi connectivity index (χ4n) is 1.26. The first-order valence-corrected chi connectivity index (χ1v) is 3.81. The van der Waals surface area contributed by atoms with E-state index in [-0.39, 0.29) is 11.5 Å². The summed E-state index contributed by atoms with van der Waals surface area (Å²) in [5.74, 6) is -0.206. The van der Waals surface area contributed by atoms with Crippen LogP contribution in [0.4, 0.5) is 4.39 Å². The molecule has 0 bridgehead atoms. The first kappa shape index (κ1) is 8.73. The van der Waals surface area contributed by atoms with Gasteiger partial charge in [-0.25, -0.2) is 4.39 Å². The summed E-state index contributed by atoms with van der Waals surface area (Å²) in [6.45, 7) is 5.54. The van der Waals surface area contributed by atoms with Gasteiger partial charge in [0.2, 0.25) is 0 Å². The molecule has 2 heteroatoms. The molecule has 1 aliphatic rings. The number of rotatable bonds is 1. The Hall–Kier alpha value is -1.36. The van der Waals surface area contributed by atoms with Gasteiger partial charge in [0, 0.05) is 0 Å². The van der Waals surface area contributed by atoms with Crippen LogP contribution in [0.1, 0.15) is 13.3 Å². The normalized spacial score (nSPS) is 23.1. The summed E-state index contributed by atoms with van der Waals surface area (Å²) >= 11 is 0. The molecule has 1 rings (SSSR count). The van der Waals surface area contributed by atoms with Crippen LogP contribution in [0.25, 0.3) is 0 Å². The standard InChI is InChI=1S/C10H10FN/c1-3-8-5-10(11)9(6-12)4-7(8)2/h3,5,7H,1,4H2,2H3/t7-/m1/s1. The van der Waals surface area contributed by atoms with Crippen molar-refractivity contribution in [1.29, 1.82) is 5.26 Å². The second-order valence-corrected chi connectivity index (χ2v) is 2.89. The van der Waals surface area contributed by atoms with Crippen LogP contribution in [-0.2, 0) is 0 Å². The van der Waals surface area contributed by atoms with E-state index < -0.39 is 5.83 Å². The van der Waals surface area contributed by atoms with Crippen LogP contribution < -0.4 is 0 Å². The van der Waals surface area contributed by atoms with Crippen molar-refractivity contribution in [2.24, 2.45) is 5.92 Å². The van der Waals surface area contributed by atoms with Crippen molar-refractivity contribution in [1.82, 2.24) is 0 Å². The minimum absolute atomic E-state index is 0.205. The van der Waals surface area contributed by atoms with E-state index in [9.17, 15) is 4.39 Å². The molecule has 0 heterocycles.